The van der Waals surface area contributed by atoms with E-state index in [0.717, 1.165) is 6.42 Å². The molecule has 5 nitrogen and oxygen atoms in total. The van der Waals surface area contributed by atoms with Gasteiger partial charge in [-0.15, -0.1) is 0 Å². The largest absolute Gasteiger partial charge is 0.387 e. The van der Waals surface area contributed by atoms with Crippen LogP contribution in [0.25, 0.3) is 0 Å². The summed E-state index contributed by atoms with van der Waals surface area (Å²) in [7, 11) is 0. The standard InChI is InChI=1S/C16H32N2O3/c1-14(2,3)13(21)18-11-16(6,7)9-15(4,5)10-17-12(20)8-19/h19H,8-11H2,1-7H3,(H,17,20)(H,18,21). The summed E-state index contributed by atoms with van der Waals surface area (Å²) in [6.07, 6.45) is 0.843. The molecule has 0 bridgehead atoms. The van der Waals surface area contributed by atoms with Crippen LogP contribution in [0.2, 0.25) is 0 Å². The summed E-state index contributed by atoms with van der Waals surface area (Å²) in [6.45, 7) is 14.6. The zero-order valence-electron chi connectivity index (χ0n) is 14.6. The highest BCUT2D eigenvalue weighted by Gasteiger charge is 2.31. The van der Waals surface area contributed by atoms with Crippen LogP contribution in [0.4, 0.5) is 0 Å². The molecular formula is C16H32N2O3. The number of amides is 2. The molecular weight excluding hydrogens is 268 g/mol. The first-order valence-electron chi connectivity index (χ1n) is 7.45. The topological polar surface area (TPSA) is 78.4 Å². The third kappa shape index (κ3) is 8.71. The average molecular weight is 300 g/mol. The van der Waals surface area contributed by atoms with Crippen LogP contribution >= 0.6 is 0 Å². The molecule has 0 aliphatic heterocycles. The third-order valence-electron chi connectivity index (χ3n) is 3.27. The molecule has 0 heterocycles. The molecule has 0 rings (SSSR count). The molecule has 3 N–H and O–H groups in total. The number of hydrogen-bond donors (Lipinski definition) is 3. The molecule has 0 aliphatic rings. The fraction of sp³-hybridized carbons (Fsp3) is 0.875. The van der Waals surface area contributed by atoms with Crippen LogP contribution in [0.1, 0.15) is 54.9 Å². The first kappa shape index (κ1) is 19.9. The zero-order chi connectivity index (χ0) is 16.9. The van der Waals surface area contributed by atoms with Gasteiger partial charge in [-0.25, -0.2) is 0 Å². The summed E-state index contributed by atoms with van der Waals surface area (Å²) in [5, 5.41) is 14.4. The highest BCUT2D eigenvalue weighted by Crippen LogP contribution is 2.32. The van der Waals surface area contributed by atoms with E-state index < -0.39 is 6.61 Å². The van der Waals surface area contributed by atoms with Gasteiger partial charge < -0.3 is 15.7 Å². The van der Waals surface area contributed by atoms with Gasteiger partial charge in [-0.05, 0) is 17.3 Å². The molecule has 0 fully saturated rings. The Labute approximate surface area is 128 Å². The van der Waals surface area contributed by atoms with Crippen LogP contribution in [0.15, 0.2) is 0 Å². The molecule has 0 saturated heterocycles. The van der Waals surface area contributed by atoms with E-state index in [9.17, 15) is 9.59 Å². The molecule has 0 aromatic rings. The molecule has 0 radical (unpaired) electrons. The molecule has 2 amide bonds. The van der Waals surface area contributed by atoms with Crippen molar-refractivity contribution < 1.29 is 14.7 Å². The van der Waals surface area contributed by atoms with Crippen molar-refractivity contribution >= 4 is 11.8 Å². The molecule has 0 aromatic carbocycles. The minimum atomic E-state index is -0.485. The number of hydrogen-bond acceptors (Lipinski definition) is 3. The van der Waals surface area contributed by atoms with Gasteiger partial charge in [-0.3, -0.25) is 9.59 Å². The van der Waals surface area contributed by atoms with Gasteiger partial charge in [0.25, 0.3) is 0 Å². The Morgan fingerprint density at radius 1 is 0.857 bits per heavy atom. The minimum absolute atomic E-state index is 0.0435. The smallest absolute Gasteiger partial charge is 0.245 e. The lowest BCUT2D eigenvalue weighted by molar-refractivity contribution is -0.129. The Bertz CT molecular complexity index is 368. The fourth-order valence-corrected chi connectivity index (χ4v) is 2.40. The lowest BCUT2D eigenvalue weighted by Crippen LogP contribution is -2.43. The summed E-state index contributed by atoms with van der Waals surface area (Å²) >= 11 is 0. The summed E-state index contributed by atoms with van der Waals surface area (Å²) in [4.78, 5) is 23.1. The fourth-order valence-electron chi connectivity index (χ4n) is 2.40. The first-order chi connectivity index (χ1) is 9.29. The molecule has 0 saturated carbocycles. The van der Waals surface area contributed by atoms with Gasteiger partial charge in [0, 0.05) is 18.5 Å². The number of aliphatic hydroxyl groups is 1. The van der Waals surface area contributed by atoms with Gasteiger partial charge >= 0.3 is 0 Å². The molecule has 21 heavy (non-hydrogen) atoms. The van der Waals surface area contributed by atoms with Crippen molar-refractivity contribution in [2.45, 2.75) is 54.9 Å². The van der Waals surface area contributed by atoms with Gasteiger partial charge in [0.05, 0.1) is 0 Å². The minimum Gasteiger partial charge on any atom is -0.387 e. The number of rotatable bonds is 7. The summed E-state index contributed by atoms with van der Waals surface area (Å²) < 4.78 is 0. The summed E-state index contributed by atoms with van der Waals surface area (Å²) in [5.41, 5.74) is -0.574. The molecule has 5 heteroatoms. The van der Waals surface area contributed by atoms with Crippen LogP contribution in [-0.2, 0) is 9.59 Å². The molecule has 0 aliphatic carbocycles. The van der Waals surface area contributed by atoms with Crippen molar-refractivity contribution in [3.63, 3.8) is 0 Å². The Hall–Kier alpha value is -1.10. The van der Waals surface area contributed by atoms with E-state index in [1.165, 1.54) is 0 Å². The Morgan fingerprint density at radius 3 is 1.67 bits per heavy atom. The predicted octanol–water partition coefficient (Wildman–Crippen LogP) is 1.70. The summed E-state index contributed by atoms with van der Waals surface area (Å²) in [6, 6.07) is 0. The first-order valence-corrected chi connectivity index (χ1v) is 7.45. The van der Waals surface area contributed by atoms with Gasteiger partial charge in [0.1, 0.15) is 6.61 Å². The van der Waals surface area contributed by atoms with Crippen molar-refractivity contribution in [3.8, 4) is 0 Å². The molecule has 0 spiro atoms. The van der Waals surface area contributed by atoms with Crippen molar-refractivity contribution in [1.82, 2.24) is 10.6 Å². The predicted molar refractivity (Wildman–Crippen MR) is 84.7 cm³/mol. The van der Waals surface area contributed by atoms with E-state index in [2.05, 4.69) is 38.3 Å². The number of carbonyl (C=O) groups excluding carboxylic acids is 2. The maximum Gasteiger partial charge on any atom is 0.245 e. The van der Waals surface area contributed by atoms with E-state index in [0.29, 0.717) is 13.1 Å². The summed E-state index contributed by atoms with van der Waals surface area (Å²) in [5.74, 6) is -0.316. The second kappa shape index (κ2) is 7.25. The quantitative estimate of drug-likeness (QED) is 0.669. The van der Waals surface area contributed by atoms with Crippen molar-refractivity contribution in [3.05, 3.63) is 0 Å². The lowest BCUT2D eigenvalue weighted by atomic mass is 9.75. The van der Waals surface area contributed by atoms with Crippen LogP contribution in [0.5, 0.6) is 0 Å². The van der Waals surface area contributed by atoms with Crippen molar-refractivity contribution in [2.24, 2.45) is 16.2 Å². The van der Waals surface area contributed by atoms with Gasteiger partial charge in [-0.2, -0.15) is 0 Å². The van der Waals surface area contributed by atoms with Crippen molar-refractivity contribution in [2.75, 3.05) is 19.7 Å². The van der Waals surface area contributed by atoms with E-state index in [1.807, 2.05) is 20.8 Å². The maximum absolute atomic E-state index is 11.9. The average Bonchev–Trinajstić information content (AvgIpc) is 2.30. The third-order valence-corrected chi connectivity index (χ3v) is 3.27. The highest BCUT2D eigenvalue weighted by atomic mass is 16.3. The monoisotopic (exact) mass is 300 g/mol. The molecule has 124 valence electrons. The van der Waals surface area contributed by atoms with Crippen LogP contribution in [0, 0.1) is 16.2 Å². The lowest BCUT2D eigenvalue weighted by Gasteiger charge is -2.35. The Balaban J connectivity index is 4.44. The second-order valence-corrected chi connectivity index (χ2v) is 8.37. The van der Waals surface area contributed by atoms with Crippen LogP contribution < -0.4 is 10.6 Å². The maximum atomic E-state index is 11.9. The molecule has 0 unspecified atom stereocenters. The molecule has 0 atom stereocenters. The number of aliphatic hydroxyl groups excluding tert-OH is 1. The second-order valence-electron chi connectivity index (χ2n) is 8.37. The van der Waals surface area contributed by atoms with Crippen LogP contribution in [0.3, 0.4) is 0 Å². The van der Waals surface area contributed by atoms with Crippen molar-refractivity contribution in [1.29, 1.82) is 0 Å². The SMILES string of the molecule is CC(C)(CNC(=O)CO)CC(C)(C)CNC(=O)C(C)(C)C. The van der Waals surface area contributed by atoms with Gasteiger partial charge in [0.15, 0.2) is 0 Å². The van der Waals surface area contributed by atoms with E-state index in [-0.39, 0.29) is 28.1 Å². The number of carbonyl (C=O) groups is 2. The van der Waals surface area contributed by atoms with E-state index in [1.54, 1.807) is 0 Å². The zero-order valence-corrected chi connectivity index (χ0v) is 14.6. The highest BCUT2D eigenvalue weighted by molar-refractivity contribution is 5.81. The molecule has 0 aromatic heterocycles. The van der Waals surface area contributed by atoms with E-state index >= 15 is 0 Å². The normalized spacial score (nSPS) is 13.0. The van der Waals surface area contributed by atoms with Gasteiger partial charge in [-0.1, -0.05) is 48.5 Å². The van der Waals surface area contributed by atoms with Gasteiger partial charge in [0.2, 0.25) is 11.8 Å². The van der Waals surface area contributed by atoms with E-state index in [4.69, 9.17) is 5.11 Å². The van der Waals surface area contributed by atoms with Crippen LogP contribution in [-0.4, -0.2) is 36.6 Å². The Morgan fingerprint density at radius 2 is 1.29 bits per heavy atom. The Kier molecular flexibility index (Phi) is 6.87. The number of nitrogens with one attached hydrogen (secondary N) is 2.